The number of ether oxygens (including phenoxy) is 2. The van der Waals surface area contributed by atoms with Crippen molar-refractivity contribution in [3.05, 3.63) is 66.0 Å². The number of hydrogen-bond acceptors (Lipinski definition) is 4. The van der Waals surface area contributed by atoms with Crippen LogP contribution in [0, 0.1) is 5.82 Å². The summed E-state index contributed by atoms with van der Waals surface area (Å²) in [6, 6.07) is 12.6. The third-order valence-corrected chi connectivity index (χ3v) is 3.09. The third kappa shape index (κ3) is 6.10. The standard InChI is InChI=1S/C19H18FNO4/c1-2-24-17-6-4-3-5-16(17)21-18(22)13-25-19(23)12-9-14-7-10-15(20)11-8-14/h3-12H,2,13H2,1H3,(H,21,22)/b12-9+. The zero-order chi connectivity index (χ0) is 18.1. The Morgan fingerprint density at radius 1 is 1.12 bits per heavy atom. The summed E-state index contributed by atoms with van der Waals surface area (Å²) in [5.41, 5.74) is 1.15. The monoisotopic (exact) mass is 343 g/mol. The predicted molar refractivity (Wildman–Crippen MR) is 92.6 cm³/mol. The van der Waals surface area contributed by atoms with E-state index in [1.807, 2.05) is 6.92 Å². The second-order valence-corrected chi connectivity index (χ2v) is 4.97. The van der Waals surface area contributed by atoms with Crippen LogP contribution in [-0.4, -0.2) is 25.1 Å². The quantitative estimate of drug-likeness (QED) is 0.618. The number of para-hydroxylation sites is 2. The summed E-state index contributed by atoms with van der Waals surface area (Å²) in [6.07, 6.45) is 2.65. The Bertz CT molecular complexity index is 756. The zero-order valence-electron chi connectivity index (χ0n) is 13.7. The van der Waals surface area contributed by atoms with Crippen molar-refractivity contribution < 1.29 is 23.5 Å². The fraction of sp³-hybridized carbons (Fsp3) is 0.158. The van der Waals surface area contributed by atoms with Crippen molar-refractivity contribution in [2.45, 2.75) is 6.92 Å². The highest BCUT2D eigenvalue weighted by molar-refractivity contribution is 5.95. The number of rotatable bonds is 7. The first-order valence-corrected chi connectivity index (χ1v) is 7.70. The van der Waals surface area contributed by atoms with Gasteiger partial charge in [-0.1, -0.05) is 24.3 Å². The molecule has 0 aromatic heterocycles. The molecule has 2 rings (SSSR count). The van der Waals surface area contributed by atoms with E-state index in [4.69, 9.17) is 9.47 Å². The Labute approximate surface area is 145 Å². The van der Waals surface area contributed by atoms with E-state index in [-0.39, 0.29) is 5.82 Å². The third-order valence-electron chi connectivity index (χ3n) is 3.09. The van der Waals surface area contributed by atoms with Gasteiger partial charge in [0.1, 0.15) is 11.6 Å². The topological polar surface area (TPSA) is 64.6 Å². The minimum atomic E-state index is -0.669. The van der Waals surface area contributed by atoms with Crippen LogP contribution in [0.2, 0.25) is 0 Å². The Kier molecular flexibility index (Phi) is 6.71. The van der Waals surface area contributed by atoms with Gasteiger partial charge in [0.15, 0.2) is 6.61 Å². The number of amides is 1. The fourth-order valence-electron chi connectivity index (χ4n) is 1.96. The van der Waals surface area contributed by atoms with E-state index in [9.17, 15) is 14.0 Å². The average molecular weight is 343 g/mol. The number of carbonyl (C=O) groups is 2. The lowest BCUT2D eigenvalue weighted by molar-refractivity contribution is -0.142. The molecule has 0 unspecified atom stereocenters. The molecule has 2 aromatic rings. The van der Waals surface area contributed by atoms with E-state index >= 15 is 0 Å². The Hall–Kier alpha value is -3.15. The Balaban J connectivity index is 1.83. The summed E-state index contributed by atoms with van der Waals surface area (Å²) in [5, 5.41) is 2.62. The Morgan fingerprint density at radius 3 is 2.56 bits per heavy atom. The van der Waals surface area contributed by atoms with Gasteiger partial charge in [-0.3, -0.25) is 4.79 Å². The number of halogens is 1. The molecule has 0 heterocycles. The van der Waals surface area contributed by atoms with Crippen molar-refractivity contribution in [2.75, 3.05) is 18.5 Å². The van der Waals surface area contributed by atoms with Gasteiger partial charge in [-0.05, 0) is 42.8 Å². The molecule has 25 heavy (non-hydrogen) atoms. The minimum Gasteiger partial charge on any atom is -0.492 e. The lowest BCUT2D eigenvalue weighted by Crippen LogP contribution is -2.20. The van der Waals surface area contributed by atoms with Crippen LogP contribution in [0.4, 0.5) is 10.1 Å². The second-order valence-electron chi connectivity index (χ2n) is 4.97. The van der Waals surface area contributed by atoms with Crippen molar-refractivity contribution in [3.8, 4) is 5.75 Å². The summed E-state index contributed by atoms with van der Waals surface area (Å²) >= 11 is 0. The highest BCUT2D eigenvalue weighted by Crippen LogP contribution is 2.23. The van der Waals surface area contributed by atoms with E-state index in [0.29, 0.717) is 23.6 Å². The first-order chi connectivity index (χ1) is 12.1. The molecule has 0 saturated carbocycles. The fourth-order valence-corrected chi connectivity index (χ4v) is 1.96. The maximum Gasteiger partial charge on any atom is 0.331 e. The van der Waals surface area contributed by atoms with Crippen molar-refractivity contribution in [1.29, 1.82) is 0 Å². The molecule has 0 bridgehead atoms. The van der Waals surface area contributed by atoms with Gasteiger partial charge in [0.05, 0.1) is 12.3 Å². The predicted octanol–water partition coefficient (Wildman–Crippen LogP) is 3.42. The van der Waals surface area contributed by atoms with Crippen molar-refractivity contribution in [1.82, 2.24) is 0 Å². The zero-order valence-corrected chi connectivity index (χ0v) is 13.7. The van der Waals surface area contributed by atoms with Crippen LogP contribution < -0.4 is 10.1 Å². The number of esters is 1. The smallest absolute Gasteiger partial charge is 0.331 e. The SMILES string of the molecule is CCOc1ccccc1NC(=O)COC(=O)/C=C/c1ccc(F)cc1. The van der Waals surface area contributed by atoms with E-state index < -0.39 is 18.5 Å². The average Bonchev–Trinajstić information content (AvgIpc) is 2.61. The van der Waals surface area contributed by atoms with E-state index in [0.717, 1.165) is 0 Å². The molecule has 6 heteroatoms. The molecular formula is C19H18FNO4. The lowest BCUT2D eigenvalue weighted by atomic mass is 10.2. The molecule has 1 amide bonds. The van der Waals surface area contributed by atoms with Crippen LogP contribution >= 0.6 is 0 Å². The van der Waals surface area contributed by atoms with Gasteiger partial charge in [0, 0.05) is 6.08 Å². The largest absolute Gasteiger partial charge is 0.492 e. The number of carbonyl (C=O) groups excluding carboxylic acids is 2. The highest BCUT2D eigenvalue weighted by Gasteiger charge is 2.09. The molecule has 5 nitrogen and oxygen atoms in total. The molecule has 0 atom stereocenters. The molecule has 1 N–H and O–H groups in total. The van der Waals surface area contributed by atoms with Gasteiger partial charge in [-0.15, -0.1) is 0 Å². The molecule has 2 aromatic carbocycles. The van der Waals surface area contributed by atoms with E-state index in [1.54, 1.807) is 24.3 Å². The van der Waals surface area contributed by atoms with Crippen molar-refractivity contribution in [3.63, 3.8) is 0 Å². The molecule has 0 saturated heterocycles. The van der Waals surface area contributed by atoms with Gasteiger partial charge < -0.3 is 14.8 Å². The molecule has 0 aliphatic heterocycles. The number of anilines is 1. The summed E-state index contributed by atoms with van der Waals surface area (Å²) in [6.45, 7) is 1.89. The number of nitrogens with one attached hydrogen (secondary N) is 1. The maximum atomic E-state index is 12.8. The summed E-state index contributed by atoms with van der Waals surface area (Å²) < 4.78 is 23.0. The van der Waals surface area contributed by atoms with Gasteiger partial charge in [-0.25, -0.2) is 9.18 Å². The second kappa shape index (κ2) is 9.22. The maximum absolute atomic E-state index is 12.8. The van der Waals surface area contributed by atoms with Crippen molar-refractivity contribution >= 4 is 23.6 Å². The van der Waals surface area contributed by atoms with Gasteiger partial charge >= 0.3 is 5.97 Å². The minimum absolute atomic E-state index is 0.358. The molecular weight excluding hydrogens is 325 g/mol. The molecule has 0 radical (unpaired) electrons. The molecule has 0 fully saturated rings. The van der Waals surface area contributed by atoms with E-state index in [1.165, 1.54) is 36.4 Å². The van der Waals surface area contributed by atoms with Crippen LogP contribution in [-0.2, 0) is 14.3 Å². The Morgan fingerprint density at radius 2 is 1.84 bits per heavy atom. The van der Waals surface area contributed by atoms with Crippen molar-refractivity contribution in [2.24, 2.45) is 0 Å². The molecule has 130 valence electrons. The lowest BCUT2D eigenvalue weighted by Gasteiger charge is -2.11. The molecule has 0 aliphatic rings. The van der Waals surface area contributed by atoms with Crippen LogP contribution in [0.1, 0.15) is 12.5 Å². The molecule has 0 spiro atoms. The van der Waals surface area contributed by atoms with Crippen LogP contribution in [0.3, 0.4) is 0 Å². The van der Waals surface area contributed by atoms with Gasteiger partial charge in [0.25, 0.3) is 5.91 Å². The molecule has 0 aliphatic carbocycles. The summed E-state index contributed by atoms with van der Waals surface area (Å²) in [4.78, 5) is 23.5. The highest BCUT2D eigenvalue weighted by atomic mass is 19.1. The normalized spacial score (nSPS) is 10.5. The summed E-state index contributed by atoms with van der Waals surface area (Å²) in [5.74, 6) is -0.960. The first-order valence-electron chi connectivity index (χ1n) is 7.70. The number of hydrogen-bond donors (Lipinski definition) is 1. The van der Waals surface area contributed by atoms with Gasteiger partial charge in [-0.2, -0.15) is 0 Å². The first kappa shape index (κ1) is 18.2. The van der Waals surface area contributed by atoms with Crippen LogP contribution in [0.15, 0.2) is 54.6 Å². The van der Waals surface area contributed by atoms with Gasteiger partial charge in [0.2, 0.25) is 0 Å². The van der Waals surface area contributed by atoms with Crippen LogP contribution in [0.5, 0.6) is 5.75 Å². The summed E-state index contributed by atoms with van der Waals surface area (Å²) in [7, 11) is 0. The van der Waals surface area contributed by atoms with Crippen LogP contribution in [0.25, 0.3) is 6.08 Å². The van der Waals surface area contributed by atoms with E-state index in [2.05, 4.69) is 5.32 Å². The number of benzene rings is 2.